The molecule has 2 unspecified atom stereocenters. The maximum Gasteiger partial charge on any atom is -0.0305 e. The zero-order valence-electron chi connectivity index (χ0n) is 12.1. The van der Waals surface area contributed by atoms with E-state index in [0.29, 0.717) is 5.41 Å². The quantitative estimate of drug-likeness (QED) is 0.521. The van der Waals surface area contributed by atoms with E-state index in [1.165, 1.54) is 25.7 Å². The molecular weight excluding hydrogens is 180 g/mol. The average Bonchev–Trinajstić information content (AvgIpc) is 2.14. The lowest BCUT2D eigenvalue weighted by molar-refractivity contribution is 0.136. The van der Waals surface area contributed by atoms with Crippen LogP contribution in [0.2, 0.25) is 0 Å². The molecular formula is C15H32. The van der Waals surface area contributed by atoms with Crippen LogP contribution in [0.25, 0.3) is 0 Å². The Labute approximate surface area is 97.8 Å². The van der Waals surface area contributed by atoms with Crippen LogP contribution in [-0.4, -0.2) is 0 Å². The molecule has 0 fully saturated rings. The van der Waals surface area contributed by atoms with Crippen molar-refractivity contribution in [1.82, 2.24) is 0 Å². The average molecular weight is 212 g/mol. The van der Waals surface area contributed by atoms with Crippen molar-refractivity contribution in [2.75, 3.05) is 0 Å². The predicted octanol–water partition coefficient (Wildman–Crippen LogP) is 5.52. The highest BCUT2D eigenvalue weighted by Crippen LogP contribution is 2.38. The molecule has 0 aromatic rings. The van der Waals surface area contributed by atoms with E-state index < -0.39 is 0 Å². The zero-order chi connectivity index (χ0) is 12.1. The fourth-order valence-electron chi connectivity index (χ4n) is 2.11. The minimum Gasteiger partial charge on any atom is -0.0654 e. The van der Waals surface area contributed by atoms with Crippen LogP contribution in [0.3, 0.4) is 0 Å². The van der Waals surface area contributed by atoms with E-state index >= 15 is 0 Å². The molecule has 0 aliphatic carbocycles. The molecule has 0 aromatic carbocycles. The second-order valence-corrected chi connectivity index (χ2v) is 6.35. The number of hydrogen-bond acceptors (Lipinski definition) is 0. The van der Waals surface area contributed by atoms with Crippen molar-refractivity contribution in [3.63, 3.8) is 0 Å². The molecule has 0 heteroatoms. The summed E-state index contributed by atoms with van der Waals surface area (Å²) in [4.78, 5) is 0. The molecule has 0 saturated carbocycles. The van der Waals surface area contributed by atoms with Gasteiger partial charge in [0.05, 0.1) is 0 Å². The second kappa shape index (κ2) is 6.55. The van der Waals surface area contributed by atoms with Crippen molar-refractivity contribution in [3.05, 3.63) is 0 Å². The molecule has 0 heterocycles. The van der Waals surface area contributed by atoms with Crippen LogP contribution in [0.5, 0.6) is 0 Å². The summed E-state index contributed by atoms with van der Waals surface area (Å²) in [5, 5.41) is 0. The first-order chi connectivity index (χ1) is 6.82. The van der Waals surface area contributed by atoms with Crippen molar-refractivity contribution in [2.45, 2.75) is 74.1 Å². The molecule has 0 aliphatic rings. The molecule has 0 aromatic heterocycles. The van der Waals surface area contributed by atoms with Gasteiger partial charge in [-0.05, 0) is 29.6 Å². The molecule has 0 spiro atoms. The maximum atomic E-state index is 2.43. The molecule has 15 heavy (non-hydrogen) atoms. The third-order valence-corrected chi connectivity index (χ3v) is 4.63. The first-order valence-corrected chi connectivity index (χ1v) is 6.82. The SMILES string of the molecule is CCCC(C)CCC(C)C(C)(C)C(C)C. The molecule has 2 atom stereocenters. The van der Waals surface area contributed by atoms with Crippen molar-refractivity contribution < 1.29 is 0 Å². The highest BCUT2D eigenvalue weighted by Gasteiger charge is 2.28. The zero-order valence-corrected chi connectivity index (χ0v) is 12.1. The van der Waals surface area contributed by atoms with Gasteiger partial charge in [0, 0.05) is 0 Å². The Hall–Kier alpha value is 0. The van der Waals surface area contributed by atoms with E-state index in [1.54, 1.807) is 0 Å². The van der Waals surface area contributed by atoms with Gasteiger partial charge in [-0.25, -0.2) is 0 Å². The second-order valence-electron chi connectivity index (χ2n) is 6.35. The topological polar surface area (TPSA) is 0 Å². The van der Waals surface area contributed by atoms with Crippen LogP contribution in [-0.2, 0) is 0 Å². The highest BCUT2D eigenvalue weighted by atomic mass is 14.3. The highest BCUT2D eigenvalue weighted by molar-refractivity contribution is 4.78. The van der Waals surface area contributed by atoms with Crippen LogP contribution >= 0.6 is 0 Å². The van der Waals surface area contributed by atoms with Gasteiger partial charge >= 0.3 is 0 Å². The minimum atomic E-state index is 0.492. The van der Waals surface area contributed by atoms with E-state index in [1.807, 2.05) is 0 Å². The van der Waals surface area contributed by atoms with Crippen LogP contribution in [0.15, 0.2) is 0 Å². The third kappa shape index (κ3) is 5.04. The van der Waals surface area contributed by atoms with Gasteiger partial charge in [0.2, 0.25) is 0 Å². The molecule has 0 aliphatic heterocycles. The lowest BCUT2D eigenvalue weighted by Crippen LogP contribution is -2.28. The predicted molar refractivity (Wildman–Crippen MR) is 71.1 cm³/mol. The van der Waals surface area contributed by atoms with Crippen LogP contribution < -0.4 is 0 Å². The Kier molecular flexibility index (Phi) is 6.55. The molecule has 92 valence electrons. The first-order valence-electron chi connectivity index (χ1n) is 6.82. The van der Waals surface area contributed by atoms with Crippen molar-refractivity contribution in [3.8, 4) is 0 Å². The summed E-state index contributed by atoms with van der Waals surface area (Å²) in [6, 6.07) is 0. The molecule has 0 nitrogen and oxygen atoms in total. The Morgan fingerprint density at radius 3 is 1.80 bits per heavy atom. The van der Waals surface area contributed by atoms with Crippen LogP contribution in [0.1, 0.15) is 74.1 Å². The van der Waals surface area contributed by atoms with E-state index in [9.17, 15) is 0 Å². The Morgan fingerprint density at radius 1 is 0.867 bits per heavy atom. The summed E-state index contributed by atoms with van der Waals surface area (Å²) in [6.07, 6.45) is 5.54. The summed E-state index contributed by atoms with van der Waals surface area (Å²) >= 11 is 0. The summed E-state index contributed by atoms with van der Waals surface area (Å²) in [7, 11) is 0. The minimum absolute atomic E-state index is 0.492. The van der Waals surface area contributed by atoms with Gasteiger partial charge < -0.3 is 0 Å². The van der Waals surface area contributed by atoms with Crippen molar-refractivity contribution in [2.24, 2.45) is 23.2 Å². The summed E-state index contributed by atoms with van der Waals surface area (Å²) in [5.74, 6) is 2.55. The summed E-state index contributed by atoms with van der Waals surface area (Å²) in [6.45, 7) is 16.7. The maximum absolute atomic E-state index is 2.43. The molecule has 0 saturated heterocycles. The summed E-state index contributed by atoms with van der Waals surface area (Å²) < 4.78 is 0. The monoisotopic (exact) mass is 212 g/mol. The van der Waals surface area contributed by atoms with Crippen molar-refractivity contribution >= 4 is 0 Å². The fourth-order valence-corrected chi connectivity index (χ4v) is 2.11. The molecule has 0 bridgehead atoms. The van der Waals surface area contributed by atoms with Gasteiger partial charge in [-0.2, -0.15) is 0 Å². The lowest BCUT2D eigenvalue weighted by Gasteiger charge is -2.36. The Bertz CT molecular complexity index is 155. The van der Waals surface area contributed by atoms with E-state index in [2.05, 4.69) is 48.5 Å². The van der Waals surface area contributed by atoms with E-state index in [0.717, 1.165) is 17.8 Å². The van der Waals surface area contributed by atoms with Crippen molar-refractivity contribution in [1.29, 1.82) is 0 Å². The normalized spacial score (nSPS) is 16.8. The number of hydrogen-bond donors (Lipinski definition) is 0. The van der Waals surface area contributed by atoms with Gasteiger partial charge in [-0.15, -0.1) is 0 Å². The Balaban J connectivity index is 3.97. The largest absolute Gasteiger partial charge is 0.0654 e. The van der Waals surface area contributed by atoms with Crippen LogP contribution in [0, 0.1) is 23.2 Å². The standard InChI is InChI=1S/C15H32/c1-8-9-13(4)10-11-14(5)15(6,7)12(2)3/h12-14H,8-11H2,1-7H3. The molecule has 0 amide bonds. The van der Waals surface area contributed by atoms with E-state index in [4.69, 9.17) is 0 Å². The van der Waals surface area contributed by atoms with Gasteiger partial charge in [0.1, 0.15) is 0 Å². The van der Waals surface area contributed by atoms with Gasteiger partial charge in [0.25, 0.3) is 0 Å². The number of rotatable bonds is 7. The lowest BCUT2D eigenvalue weighted by atomic mass is 9.69. The van der Waals surface area contributed by atoms with Gasteiger partial charge in [-0.1, -0.05) is 67.7 Å². The van der Waals surface area contributed by atoms with Gasteiger partial charge in [0.15, 0.2) is 0 Å². The molecule has 0 radical (unpaired) electrons. The molecule has 0 rings (SSSR count). The Morgan fingerprint density at radius 2 is 1.40 bits per heavy atom. The smallest absolute Gasteiger partial charge is 0.0305 e. The first kappa shape index (κ1) is 15.0. The summed E-state index contributed by atoms with van der Waals surface area (Å²) in [5.41, 5.74) is 0.492. The fraction of sp³-hybridized carbons (Fsp3) is 1.00. The molecule has 0 N–H and O–H groups in total. The third-order valence-electron chi connectivity index (χ3n) is 4.63. The van der Waals surface area contributed by atoms with E-state index in [-0.39, 0.29) is 0 Å². The van der Waals surface area contributed by atoms with Crippen LogP contribution in [0.4, 0.5) is 0 Å². The van der Waals surface area contributed by atoms with Gasteiger partial charge in [-0.3, -0.25) is 0 Å².